The lowest BCUT2D eigenvalue weighted by atomic mass is 10.3. The van der Waals surface area contributed by atoms with Crippen LogP contribution in [-0.4, -0.2) is 53.5 Å². The van der Waals surface area contributed by atoms with Gasteiger partial charge in [0.2, 0.25) is 0 Å². The molecule has 0 unspecified atom stereocenters. The molecule has 2 heterocycles. The maximum atomic E-state index is 12.1. The van der Waals surface area contributed by atoms with E-state index in [1.807, 2.05) is 0 Å². The van der Waals surface area contributed by atoms with Gasteiger partial charge in [-0.2, -0.15) is 0 Å². The number of carbonyl (C=O) groups is 1. The van der Waals surface area contributed by atoms with Gasteiger partial charge in [0.25, 0.3) is 5.91 Å². The molecule has 5 nitrogen and oxygen atoms in total. The molecule has 0 bridgehead atoms. The van der Waals surface area contributed by atoms with Crippen LogP contribution < -0.4 is 5.32 Å². The Balaban J connectivity index is 1.82. The van der Waals surface area contributed by atoms with E-state index in [1.54, 1.807) is 17.0 Å². The van der Waals surface area contributed by atoms with Crippen LogP contribution in [0.2, 0.25) is 0 Å². The third-order valence-corrected chi connectivity index (χ3v) is 3.51. The summed E-state index contributed by atoms with van der Waals surface area (Å²) in [4.78, 5) is 16.0. The van der Waals surface area contributed by atoms with Crippen LogP contribution in [0.5, 0.6) is 0 Å². The fourth-order valence-electron chi connectivity index (χ4n) is 2.01. The number of furan rings is 1. The van der Waals surface area contributed by atoms with Crippen LogP contribution in [0.15, 0.2) is 22.8 Å². The quantitative estimate of drug-likeness (QED) is 0.847. The molecule has 1 aliphatic heterocycles. The Morgan fingerprint density at radius 2 is 2.05 bits per heavy atom. The smallest absolute Gasteiger partial charge is 0.289 e. The summed E-state index contributed by atoms with van der Waals surface area (Å²) in [5, 5.41) is 3.99. The monoisotopic (exact) mass is 281 g/mol. The number of carbonyl (C=O) groups excluding carboxylic acids is 1. The molecule has 0 saturated carbocycles. The zero-order valence-electron chi connectivity index (χ0n) is 11.1. The first-order valence-electron chi connectivity index (χ1n) is 6.58. The molecule has 0 atom stereocenters. The minimum Gasteiger partial charge on any atom is -0.459 e. The SMILES string of the molecule is CCCNC(=S)N1CCN(C(=O)c2ccco2)CC1. The van der Waals surface area contributed by atoms with E-state index in [2.05, 4.69) is 17.1 Å². The molecule has 0 aliphatic carbocycles. The normalized spacial score (nSPS) is 15.4. The maximum absolute atomic E-state index is 12.1. The van der Waals surface area contributed by atoms with E-state index >= 15 is 0 Å². The van der Waals surface area contributed by atoms with Gasteiger partial charge in [0.1, 0.15) is 0 Å². The summed E-state index contributed by atoms with van der Waals surface area (Å²) in [5.74, 6) is 0.359. The molecule has 19 heavy (non-hydrogen) atoms. The predicted molar refractivity (Wildman–Crippen MR) is 77.1 cm³/mol. The molecule has 0 spiro atoms. The summed E-state index contributed by atoms with van der Waals surface area (Å²) in [6.07, 6.45) is 2.57. The Morgan fingerprint density at radius 1 is 1.37 bits per heavy atom. The highest BCUT2D eigenvalue weighted by atomic mass is 32.1. The van der Waals surface area contributed by atoms with Gasteiger partial charge in [0.15, 0.2) is 10.9 Å². The van der Waals surface area contributed by atoms with Crippen LogP contribution in [0.1, 0.15) is 23.9 Å². The summed E-state index contributed by atoms with van der Waals surface area (Å²) >= 11 is 5.32. The highest BCUT2D eigenvalue weighted by molar-refractivity contribution is 7.80. The molecule has 1 N–H and O–H groups in total. The number of nitrogens with zero attached hydrogens (tertiary/aromatic N) is 2. The van der Waals surface area contributed by atoms with Crippen molar-refractivity contribution in [2.24, 2.45) is 0 Å². The second-order valence-electron chi connectivity index (χ2n) is 4.49. The molecule has 1 amide bonds. The van der Waals surface area contributed by atoms with E-state index in [0.717, 1.165) is 31.2 Å². The number of rotatable bonds is 3. The summed E-state index contributed by atoms with van der Waals surface area (Å²) < 4.78 is 5.13. The van der Waals surface area contributed by atoms with Gasteiger partial charge in [-0.25, -0.2) is 0 Å². The van der Waals surface area contributed by atoms with Crippen molar-refractivity contribution in [1.29, 1.82) is 0 Å². The zero-order valence-corrected chi connectivity index (χ0v) is 11.9. The third-order valence-electron chi connectivity index (χ3n) is 3.11. The first-order valence-corrected chi connectivity index (χ1v) is 6.98. The number of amides is 1. The second-order valence-corrected chi connectivity index (χ2v) is 4.88. The fraction of sp³-hybridized carbons (Fsp3) is 0.538. The first-order chi connectivity index (χ1) is 9.22. The lowest BCUT2D eigenvalue weighted by Crippen LogP contribution is -2.53. The highest BCUT2D eigenvalue weighted by Gasteiger charge is 2.24. The fourth-order valence-corrected chi connectivity index (χ4v) is 2.30. The first kappa shape index (κ1) is 13.9. The average molecular weight is 281 g/mol. The summed E-state index contributed by atoms with van der Waals surface area (Å²) in [5.41, 5.74) is 0. The third kappa shape index (κ3) is 3.47. The zero-order chi connectivity index (χ0) is 13.7. The Morgan fingerprint density at radius 3 is 2.63 bits per heavy atom. The van der Waals surface area contributed by atoms with Gasteiger partial charge >= 0.3 is 0 Å². The Labute approximate surface area is 118 Å². The van der Waals surface area contributed by atoms with Crippen molar-refractivity contribution in [2.75, 3.05) is 32.7 Å². The van der Waals surface area contributed by atoms with Crippen LogP contribution in [0.3, 0.4) is 0 Å². The Kier molecular flexibility index (Phi) is 4.79. The number of hydrogen-bond donors (Lipinski definition) is 1. The molecule has 2 rings (SSSR count). The van der Waals surface area contributed by atoms with E-state index < -0.39 is 0 Å². The lowest BCUT2D eigenvalue weighted by molar-refractivity contribution is 0.0659. The van der Waals surface area contributed by atoms with Gasteiger partial charge in [-0.3, -0.25) is 4.79 Å². The van der Waals surface area contributed by atoms with Crippen molar-refractivity contribution >= 4 is 23.2 Å². The summed E-state index contributed by atoms with van der Waals surface area (Å²) in [6.45, 7) is 5.88. The Hall–Kier alpha value is -1.56. The summed E-state index contributed by atoms with van der Waals surface area (Å²) in [7, 11) is 0. The maximum Gasteiger partial charge on any atom is 0.289 e. The van der Waals surface area contributed by atoms with Crippen LogP contribution in [0, 0.1) is 0 Å². The predicted octanol–water partition coefficient (Wildman–Crippen LogP) is 1.32. The van der Waals surface area contributed by atoms with Crippen LogP contribution in [0.25, 0.3) is 0 Å². The van der Waals surface area contributed by atoms with E-state index in [-0.39, 0.29) is 5.91 Å². The standard InChI is InChI=1S/C13H19N3O2S/c1-2-5-14-13(19)16-8-6-15(7-9-16)12(17)11-4-3-10-18-11/h3-4,10H,2,5-9H2,1H3,(H,14,19). The molecule has 1 aromatic rings. The molecular weight excluding hydrogens is 262 g/mol. The number of nitrogens with one attached hydrogen (secondary N) is 1. The van der Waals surface area contributed by atoms with E-state index in [4.69, 9.17) is 16.6 Å². The van der Waals surface area contributed by atoms with E-state index in [0.29, 0.717) is 18.8 Å². The van der Waals surface area contributed by atoms with E-state index in [9.17, 15) is 4.79 Å². The number of piperazine rings is 1. The van der Waals surface area contributed by atoms with Gasteiger partial charge in [0.05, 0.1) is 6.26 Å². The topological polar surface area (TPSA) is 48.7 Å². The van der Waals surface area contributed by atoms with Gasteiger partial charge < -0.3 is 19.5 Å². The molecule has 6 heteroatoms. The van der Waals surface area contributed by atoms with Crippen LogP contribution in [0.4, 0.5) is 0 Å². The van der Waals surface area contributed by atoms with Crippen LogP contribution >= 0.6 is 12.2 Å². The molecule has 1 aliphatic rings. The van der Waals surface area contributed by atoms with Crippen molar-refractivity contribution in [3.8, 4) is 0 Å². The van der Waals surface area contributed by atoms with Crippen molar-refractivity contribution < 1.29 is 9.21 Å². The van der Waals surface area contributed by atoms with Crippen molar-refractivity contribution in [2.45, 2.75) is 13.3 Å². The van der Waals surface area contributed by atoms with Crippen molar-refractivity contribution in [3.63, 3.8) is 0 Å². The van der Waals surface area contributed by atoms with E-state index in [1.165, 1.54) is 6.26 Å². The number of thiocarbonyl (C=S) groups is 1. The van der Waals surface area contributed by atoms with Gasteiger partial charge in [0, 0.05) is 32.7 Å². The van der Waals surface area contributed by atoms with Crippen molar-refractivity contribution in [3.05, 3.63) is 24.2 Å². The van der Waals surface area contributed by atoms with Crippen molar-refractivity contribution in [1.82, 2.24) is 15.1 Å². The van der Waals surface area contributed by atoms with Gasteiger partial charge in [-0.15, -0.1) is 0 Å². The number of hydrogen-bond acceptors (Lipinski definition) is 3. The summed E-state index contributed by atoms with van der Waals surface area (Å²) in [6, 6.07) is 3.43. The largest absolute Gasteiger partial charge is 0.459 e. The molecule has 0 radical (unpaired) electrons. The lowest BCUT2D eigenvalue weighted by Gasteiger charge is -2.35. The molecule has 1 saturated heterocycles. The molecule has 0 aromatic carbocycles. The average Bonchev–Trinajstić information content (AvgIpc) is 2.98. The van der Waals surface area contributed by atoms with Gasteiger partial charge in [-0.05, 0) is 30.8 Å². The molecule has 104 valence electrons. The molecule has 1 fully saturated rings. The molecule has 1 aromatic heterocycles. The molecular formula is C13H19N3O2S. The minimum absolute atomic E-state index is 0.0444. The Bertz CT molecular complexity index is 425. The second kappa shape index (κ2) is 6.56. The minimum atomic E-state index is -0.0444. The van der Waals surface area contributed by atoms with Gasteiger partial charge in [-0.1, -0.05) is 6.92 Å². The van der Waals surface area contributed by atoms with Crippen LogP contribution in [-0.2, 0) is 0 Å². The highest BCUT2D eigenvalue weighted by Crippen LogP contribution is 2.09.